The molecule has 3 N–H and O–H groups in total. The molecule has 2 fully saturated rings. The van der Waals surface area contributed by atoms with E-state index in [1.807, 2.05) is 25.1 Å². The fraction of sp³-hybridized carbons (Fsp3) is 0.440. The number of fused-ring (bicyclic) bond motifs is 2. The van der Waals surface area contributed by atoms with E-state index in [1.165, 1.54) is 6.20 Å². The molecule has 3 aromatic rings. The van der Waals surface area contributed by atoms with E-state index in [1.54, 1.807) is 16.9 Å². The van der Waals surface area contributed by atoms with Crippen molar-refractivity contribution in [3.63, 3.8) is 0 Å². The van der Waals surface area contributed by atoms with Crippen molar-refractivity contribution in [1.29, 1.82) is 0 Å². The van der Waals surface area contributed by atoms with Crippen LogP contribution in [0.1, 0.15) is 59.8 Å². The molecule has 6 rings (SSSR count). The Morgan fingerprint density at radius 1 is 1.11 bits per heavy atom. The number of anilines is 1. The van der Waals surface area contributed by atoms with E-state index < -0.39 is 23.8 Å². The largest absolute Gasteiger partial charge is 0.351 e. The number of pyridine rings is 1. The van der Waals surface area contributed by atoms with Gasteiger partial charge < -0.3 is 16.0 Å². The molecule has 2 aliphatic carbocycles. The monoisotopic (exact) mass is 515 g/mol. The van der Waals surface area contributed by atoms with Gasteiger partial charge in [0.1, 0.15) is 0 Å². The standard InChI is InChI=1S/C25H25F4N7O/c1-13-4-17(18-10-31-23(35-20(18)12-30-13)34-16-8-25(28,29)9-16)14-2-3-36-21(5-14)19(11-32-36)22(37)33-15-6-24(26,27)7-15/h2-5,10-11,13,15-16,30H,6-9,12H2,1H3,(H,33,37)(H,31,34,35)/t13-/m1/s1. The minimum absolute atomic E-state index is 0.00452. The molecule has 0 saturated heterocycles. The van der Waals surface area contributed by atoms with Gasteiger partial charge in [-0.2, -0.15) is 5.10 Å². The van der Waals surface area contributed by atoms with Crippen LogP contribution in [0.15, 0.2) is 36.8 Å². The summed E-state index contributed by atoms with van der Waals surface area (Å²) in [5.74, 6) is -5.50. The summed E-state index contributed by atoms with van der Waals surface area (Å²) in [5, 5.41) is 13.3. The van der Waals surface area contributed by atoms with Crippen molar-refractivity contribution in [3.8, 4) is 0 Å². The zero-order chi connectivity index (χ0) is 25.9. The van der Waals surface area contributed by atoms with Gasteiger partial charge in [0, 0.05) is 68.3 Å². The first-order chi connectivity index (χ1) is 17.6. The topological polar surface area (TPSA) is 96.2 Å². The number of hydrogen-bond acceptors (Lipinski definition) is 6. The summed E-state index contributed by atoms with van der Waals surface area (Å²) >= 11 is 0. The Balaban J connectivity index is 1.29. The van der Waals surface area contributed by atoms with Gasteiger partial charge in [-0.25, -0.2) is 32.0 Å². The van der Waals surface area contributed by atoms with Crippen LogP contribution in [0.25, 0.3) is 11.1 Å². The third-order valence-corrected chi connectivity index (χ3v) is 7.09. The third kappa shape index (κ3) is 4.65. The van der Waals surface area contributed by atoms with Gasteiger partial charge in [0.2, 0.25) is 5.95 Å². The number of alkyl halides is 4. The van der Waals surface area contributed by atoms with E-state index in [2.05, 4.69) is 31.0 Å². The molecule has 0 radical (unpaired) electrons. The lowest BCUT2D eigenvalue weighted by Crippen LogP contribution is -2.50. The summed E-state index contributed by atoms with van der Waals surface area (Å²) in [4.78, 5) is 21.8. The van der Waals surface area contributed by atoms with Crippen LogP contribution in [0, 0.1) is 0 Å². The molecule has 0 spiro atoms. The van der Waals surface area contributed by atoms with Gasteiger partial charge in [0.15, 0.2) is 0 Å². The van der Waals surface area contributed by atoms with Gasteiger partial charge in [-0.15, -0.1) is 0 Å². The van der Waals surface area contributed by atoms with Gasteiger partial charge in [-0.05, 0) is 30.2 Å². The smallest absolute Gasteiger partial charge is 0.255 e. The van der Waals surface area contributed by atoms with Crippen molar-refractivity contribution in [2.75, 3.05) is 5.32 Å². The SMILES string of the molecule is C[C@@H]1C=C(c2ccn3ncc(C(=O)NC4CC(F)(F)C4)c3c2)c2cnc(NC3CC(F)(F)C3)nc2CN1. The van der Waals surface area contributed by atoms with Crippen molar-refractivity contribution < 1.29 is 22.4 Å². The molecule has 4 heterocycles. The Bertz CT molecular complexity index is 1400. The molecule has 3 aromatic heterocycles. The molecule has 1 aliphatic heterocycles. The lowest BCUT2D eigenvalue weighted by atomic mass is 9.88. The Kier molecular flexibility index (Phi) is 5.48. The number of carbonyl (C=O) groups excluding carboxylic acids is 1. The average Bonchev–Trinajstić information content (AvgIpc) is 3.15. The fourth-order valence-corrected chi connectivity index (χ4v) is 5.05. The van der Waals surface area contributed by atoms with Crippen LogP contribution in [0.3, 0.4) is 0 Å². The van der Waals surface area contributed by atoms with E-state index in [9.17, 15) is 22.4 Å². The summed E-state index contributed by atoms with van der Waals surface area (Å²) in [5.41, 5.74) is 3.99. The minimum Gasteiger partial charge on any atom is -0.351 e. The van der Waals surface area contributed by atoms with Gasteiger partial charge in [-0.1, -0.05) is 6.08 Å². The molecule has 0 bridgehead atoms. The highest BCUT2D eigenvalue weighted by Gasteiger charge is 2.46. The van der Waals surface area contributed by atoms with Crippen molar-refractivity contribution in [1.82, 2.24) is 30.2 Å². The molecule has 0 aromatic carbocycles. The highest BCUT2D eigenvalue weighted by atomic mass is 19.3. The van der Waals surface area contributed by atoms with Crippen LogP contribution in [0.2, 0.25) is 0 Å². The second-order valence-electron chi connectivity index (χ2n) is 10.1. The second kappa shape index (κ2) is 8.51. The number of halogens is 4. The zero-order valence-corrected chi connectivity index (χ0v) is 19.9. The molecule has 0 unspecified atom stereocenters. The van der Waals surface area contributed by atoms with Crippen LogP contribution >= 0.6 is 0 Å². The van der Waals surface area contributed by atoms with Crippen LogP contribution in [-0.4, -0.2) is 55.5 Å². The molecule has 8 nitrogen and oxygen atoms in total. The molecule has 1 atom stereocenters. The highest BCUT2D eigenvalue weighted by Crippen LogP contribution is 2.39. The average molecular weight is 516 g/mol. The van der Waals surface area contributed by atoms with Gasteiger partial charge >= 0.3 is 0 Å². The van der Waals surface area contributed by atoms with Crippen molar-refractivity contribution in [2.45, 2.75) is 69.1 Å². The molecule has 12 heteroatoms. The van der Waals surface area contributed by atoms with E-state index in [0.717, 1.165) is 22.4 Å². The summed E-state index contributed by atoms with van der Waals surface area (Å²) in [6.45, 7) is 2.46. The second-order valence-corrected chi connectivity index (χ2v) is 10.1. The van der Waals surface area contributed by atoms with Crippen molar-refractivity contribution >= 4 is 22.9 Å². The Morgan fingerprint density at radius 2 is 1.84 bits per heavy atom. The van der Waals surface area contributed by atoms with Gasteiger partial charge in [0.05, 0.1) is 23.0 Å². The van der Waals surface area contributed by atoms with Crippen LogP contribution < -0.4 is 16.0 Å². The molecular weight excluding hydrogens is 490 g/mol. The normalized spacial score (nSPS) is 22.8. The van der Waals surface area contributed by atoms with E-state index in [0.29, 0.717) is 23.6 Å². The first kappa shape index (κ1) is 23.8. The Morgan fingerprint density at radius 3 is 2.57 bits per heavy atom. The first-order valence-electron chi connectivity index (χ1n) is 12.2. The van der Waals surface area contributed by atoms with Crippen molar-refractivity contribution in [3.05, 3.63) is 59.2 Å². The maximum absolute atomic E-state index is 13.2. The lowest BCUT2D eigenvalue weighted by Gasteiger charge is -2.35. The van der Waals surface area contributed by atoms with Crippen LogP contribution in [0.4, 0.5) is 23.5 Å². The van der Waals surface area contributed by atoms with E-state index >= 15 is 0 Å². The van der Waals surface area contributed by atoms with Crippen molar-refractivity contribution in [2.24, 2.45) is 0 Å². The summed E-state index contributed by atoms with van der Waals surface area (Å²) in [6.07, 6.45) is 5.67. The maximum atomic E-state index is 13.2. The molecule has 3 aliphatic rings. The third-order valence-electron chi connectivity index (χ3n) is 7.09. The molecule has 37 heavy (non-hydrogen) atoms. The number of amides is 1. The van der Waals surface area contributed by atoms with Crippen LogP contribution in [0.5, 0.6) is 0 Å². The van der Waals surface area contributed by atoms with Crippen LogP contribution in [-0.2, 0) is 6.54 Å². The highest BCUT2D eigenvalue weighted by molar-refractivity contribution is 6.01. The Labute approximate surface area is 209 Å². The minimum atomic E-state index is -2.73. The molecule has 1 amide bonds. The first-order valence-corrected chi connectivity index (χ1v) is 12.2. The predicted octanol–water partition coefficient (Wildman–Crippen LogP) is 3.78. The lowest BCUT2D eigenvalue weighted by molar-refractivity contribution is -0.0902. The fourth-order valence-electron chi connectivity index (χ4n) is 5.05. The van der Waals surface area contributed by atoms with E-state index in [-0.39, 0.29) is 37.8 Å². The quantitative estimate of drug-likeness (QED) is 0.448. The summed E-state index contributed by atoms with van der Waals surface area (Å²) in [7, 11) is 0. The molecule has 2 saturated carbocycles. The summed E-state index contributed by atoms with van der Waals surface area (Å²) < 4.78 is 54.4. The number of hydrogen-bond donors (Lipinski definition) is 3. The number of aromatic nitrogens is 4. The Hall–Kier alpha value is -3.54. The molecule has 194 valence electrons. The number of nitrogens with zero attached hydrogens (tertiary/aromatic N) is 4. The molecular formula is C25H25F4N7O. The predicted molar refractivity (Wildman–Crippen MR) is 128 cm³/mol. The summed E-state index contributed by atoms with van der Waals surface area (Å²) in [6, 6.07) is 2.77. The number of carbonyl (C=O) groups is 1. The number of rotatable bonds is 5. The van der Waals surface area contributed by atoms with Gasteiger partial charge in [0.25, 0.3) is 17.8 Å². The number of nitrogens with one attached hydrogen (secondary N) is 3. The zero-order valence-electron chi connectivity index (χ0n) is 19.9. The van der Waals surface area contributed by atoms with Gasteiger partial charge in [-0.3, -0.25) is 4.79 Å². The maximum Gasteiger partial charge on any atom is 0.255 e. The van der Waals surface area contributed by atoms with E-state index in [4.69, 9.17) is 0 Å².